The lowest BCUT2D eigenvalue weighted by molar-refractivity contribution is -0.114. The Labute approximate surface area is 110 Å². The molecule has 0 saturated heterocycles. The van der Waals surface area contributed by atoms with Gasteiger partial charge in [-0.25, -0.2) is 4.98 Å². The summed E-state index contributed by atoms with van der Waals surface area (Å²) < 4.78 is 0. The van der Waals surface area contributed by atoms with E-state index in [1.54, 1.807) is 6.20 Å². The average Bonchev–Trinajstić information content (AvgIpc) is 2.82. The lowest BCUT2D eigenvalue weighted by Crippen LogP contribution is -2.05. The van der Waals surface area contributed by atoms with E-state index < -0.39 is 0 Å². The SMILES string of the molecule is CC(=O)Nc1cccc(-c2cc3cccnc3[nH]2)c1. The highest BCUT2D eigenvalue weighted by Gasteiger charge is 2.04. The van der Waals surface area contributed by atoms with Crippen LogP contribution >= 0.6 is 0 Å². The fourth-order valence-corrected chi connectivity index (χ4v) is 2.08. The van der Waals surface area contributed by atoms with Crippen LogP contribution in [0.5, 0.6) is 0 Å². The first-order valence-corrected chi connectivity index (χ1v) is 6.04. The second-order valence-corrected chi connectivity index (χ2v) is 4.39. The number of aromatic amines is 1. The largest absolute Gasteiger partial charge is 0.339 e. The van der Waals surface area contributed by atoms with E-state index in [4.69, 9.17) is 0 Å². The Morgan fingerprint density at radius 2 is 2.11 bits per heavy atom. The molecule has 0 aliphatic carbocycles. The van der Waals surface area contributed by atoms with Crippen LogP contribution in [0.25, 0.3) is 22.3 Å². The van der Waals surface area contributed by atoms with Gasteiger partial charge in [0.05, 0.1) is 0 Å². The van der Waals surface area contributed by atoms with Crippen molar-refractivity contribution in [2.45, 2.75) is 6.92 Å². The maximum atomic E-state index is 11.1. The molecule has 2 heterocycles. The molecule has 94 valence electrons. The fraction of sp³-hybridized carbons (Fsp3) is 0.0667. The number of hydrogen-bond acceptors (Lipinski definition) is 2. The van der Waals surface area contributed by atoms with Gasteiger partial charge in [0, 0.05) is 35.5 Å². The van der Waals surface area contributed by atoms with Crippen LogP contribution in [0.2, 0.25) is 0 Å². The van der Waals surface area contributed by atoms with Crippen molar-refractivity contribution in [2.75, 3.05) is 5.32 Å². The minimum absolute atomic E-state index is 0.0736. The van der Waals surface area contributed by atoms with Gasteiger partial charge in [0.15, 0.2) is 0 Å². The van der Waals surface area contributed by atoms with Crippen molar-refractivity contribution in [1.82, 2.24) is 9.97 Å². The van der Waals surface area contributed by atoms with Gasteiger partial charge in [0.25, 0.3) is 0 Å². The van der Waals surface area contributed by atoms with Gasteiger partial charge < -0.3 is 10.3 Å². The molecule has 0 unspecified atom stereocenters. The van der Waals surface area contributed by atoms with E-state index in [0.29, 0.717) is 0 Å². The number of anilines is 1. The van der Waals surface area contributed by atoms with Gasteiger partial charge in [-0.15, -0.1) is 0 Å². The number of H-pyrrole nitrogens is 1. The fourth-order valence-electron chi connectivity index (χ4n) is 2.08. The normalized spacial score (nSPS) is 10.6. The van der Waals surface area contributed by atoms with E-state index in [1.807, 2.05) is 36.4 Å². The number of benzene rings is 1. The van der Waals surface area contributed by atoms with Crippen LogP contribution in [-0.4, -0.2) is 15.9 Å². The van der Waals surface area contributed by atoms with Crippen LogP contribution in [0.15, 0.2) is 48.7 Å². The van der Waals surface area contributed by atoms with Crippen LogP contribution in [-0.2, 0) is 4.79 Å². The maximum Gasteiger partial charge on any atom is 0.221 e. The molecule has 19 heavy (non-hydrogen) atoms. The molecule has 1 amide bonds. The molecule has 4 heteroatoms. The van der Waals surface area contributed by atoms with Crippen molar-refractivity contribution in [2.24, 2.45) is 0 Å². The van der Waals surface area contributed by atoms with E-state index in [9.17, 15) is 4.79 Å². The first kappa shape index (κ1) is 11.5. The van der Waals surface area contributed by atoms with E-state index in [1.165, 1.54) is 6.92 Å². The van der Waals surface area contributed by atoms with Crippen LogP contribution in [0.4, 0.5) is 5.69 Å². The molecule has 2 N–H and O–H groups in total. The molecule has 0 aliphatic rings. The third-order valence-electron chi connectivity index (χ3n) is 2.89. The molecular weight excluding hydrogens is 238 g/mol. The number of nitrogens with zero attached hydrogens (tertiary/aromatic N) is 1. The monoisotopic (exact) mass is 251 g/mol. The highest BCUT2D eigenvalue weighted by Crippen LogP contribution is 2.25. The number of pyridine rings is 1. The molecule has 0 bridgehead atoms. The summed E-state index contributed by atoms with van der Waals surface area (Å²) in [5.41, 5.74) is 3.66. The second-order valence-electron chi connectivity index (χ2n) is 4.39. The molecule has 3 aromatic rings. The maximum absolute atomic E-state index is 11.1. The Balaban J connectivity index is 2.03. The molecule has 4 nitrogen and oxygen atoms in total. The Hall–Kier alpha value is -2.62. The Morgan fingerprint density at radius 1 is 1.21 bits per heavy atom. The van der Waals surface area contributed by atoms with Gasteiger partial charge in [-0.3, -0.25) is 4.79 Å². The van der Waals surface area contributed by atoms with Crippen LogP contribution in [0.1, 0.15) is 6.92 Å². The van der Waals surface area contributed by atoms with Crippen molar-refractivity contribution in [3.63, 3.8) is 0 Å². The molecule has 0 atom stereocenters. The molecule has 1 aromatic carbocycles. The minimum atomic E-state index is -0.0736. The van der Waals surface area contributed by atoms with E-state index >= 15 is 0 Å². The molecule has 0 radical (unpaired) electrons. The van der Waals surface area contributed by atoms with Crippen molar-refractivity contribution < 1.29 is 4.79 Å². The first-order valence-electron chi connectivity index (χ1n) is 6.04. The van der Waals surface area contributed by atoms with Crippen molar-refractivity contribution in [3.05, 3.63) is 48.7 Å². The van der Waals surface area contributed by atoms with Crippen molar-refractivity contribution in [3.8, 4) is 11.3 Å². The topological polar surface area (TPSA) is 57.8 Å². The smallest absolute Gasteiger partial charge is 0.221 e. The number of carbonyl (C=O) groups excluding carboxylic acids is 1. The predicted octanol–water partition coefficient (Wildman–Crippen LogP) is 3.19. The second kappa shape index (κ2) is 4.57. The molecule has 2 aromatic heterocycles. The lowest BCUT2D eigenvalue weighted by atomic mass is 10.1. The van der Waals surface area contributed by atoms with Crippen LogP contribution in [0, 0.1) is 0 Å². The summed E-state index contributed by atoms with van der Waals surface area (Å²) in [5.74, 6) is -0.0736. The summed E-state index contributed by atoms with van der Waals surface area (Å²) >= 11 is 0. The summed E-state index contributed by atoms with van der Waals surface area (Å²) in [5, 5.41) is 3.85. The Bertz CT molecular complexity index is 713. The molecule has 0 saturated carbocycles. The predicted molar refractivity (Wildman–Crippen MR) is 75.8 cm³/mol. The zero-order valence-electron chi connectivity index (χ0n) is 10.5. The summed E-state index contributed by atoms with van der Waals surface area (Å²) in [7, 11) is 0. The number of nitrogens with one attached hydrogen (secondary N) is 2. The molecule has 3 rings (SSSR count). The van der Waals surface area contributed by atoms with Gasteiger partial charge in [-0.1, -0.05) is 12.1 Å². The number of hydrogen-bond donors (Lipinski definition) is 2. The number of carbonyl (C=O) groups is 1. The van der Waals surface area contributed by atoms with E-state index in [2.05, 4.69) is 21.4 Å². The molecule has 0 aliphatic heterocycles. The Kier molecular flexibility index (Phi) is 2.76. The summed E-state index contributed by atoms with van der Waals surface area (Å²) in [4.78, 5) is 18.6. The number of fused-ring (bicyclic) bond motifs is 1. The van der Waals surface area contributed by atoms with Crippen molar-refractivity contribution >= 4 is 22.6 Å². The minimum Gasteiger partial charge on any atom is -0.339 e. The highest BCUT2D eigenvalue weighted by molar-refractivity contribution is 5.90. The number of rotatable bonds is 2. The summed E-state index contributed by atoms with van der Waals surface area (Å²) in [6, 6.07) is 13.7. The van der Waals surface area contributed by atoms with Gasteiger partial charge in [-0.05, 0) is 30.3 Å². The van der Waals surface area contributed by atoms with Crippen molar-refractivity contribution in [1.29, 1.82) is 0 Å². The highest BCUT2D eigenvalue weighted by atomic mass is 16.1. The Morgan fingerprint density at radius 3 is 2.89 bits per heavy atom. The molecule has 0 spiro atoms. The van der Waals surface area contributed by atoms with Gasteiger partial charge in [0.2, 0.25) is 5.91 Å². The standard InChI is InChI=1S/C15H13N3O/c1-10(19)17-13-6-2-4-11(8-13)14-9-12-5-3-7-16-15(12)18-14/h2-9H,1H3,(H,16,18)(H,17,19). The zero-order valence-corrected chi connectivity index (χ0v) is 10.5. The summed E-state index contributed by atoms with van der Waals surface area (Å²) in [6.07, 6.45) is 1.76. The number of aromatic nitrogens is 2. The zero-order chi connectivity index (χ0) is 13.2. The first-order chi connectivity index (χ1) is 9.22. The third-order valence-corrected chi connectivity index (χ3v) is 2.89. The molecular formula is C15H13N3O. The quantitative estimate of drug-likeness (QED) is 0.734. The van der Waals surface area contributed by atoms with Gasteiger partial charge in [0.1, 0.15) is 5.65 Å². The third kappa shape index (κ3) is 2.33. The van der Waals surface area contributed by atoms with E-state index in [-0.39, 0.29) is 5.91 Å². The summed E-state index contributed by atoms with van der Waals surface area (Å²) in [6.45, 7) is 1.50. The average molecular weight is 251 g/mol. The van der Waals surface area contributed by atoms with E-state index in [0.717, 1.165) is 28.0 Å². The van der Waals surface area contributed by atoms with Gasteiger partial charge >= 0.3 is 0 Å². The van der Waals surface area contributed by atoms with Gasteiger partial charge in [-0.2, -0.15) is 0 Å². The molecule has 0 fully saturated rings. The number of amides is 1. The van der Waals surface area contributed by atoms with Crippen LogP contribution < -0.4 is 5.32 Å². The van der Waals surface area contributed by atoms with Crippen LogP contribution in [0.3, 0.4) is 0 Å². The lowest BCUT2D eigenvalue weighted by Gasteiger charge is -2.04.